The van der Waals surface area contributed by atoms with Gasteiger partial charge in [0.1, 0.15) is 0 Å². The number of nitrogens with zero attached hydrogens (tertiary/aromatic N) is 4. The molecule has 0 saturated heterocycles. The molecular weight excluding hydrogens is 192 g/mol. The second-order valence-electron chi connectivity index (χ2n) is 2.49. The fourth-order valence-corrected chi connectivity index (χ4v) is 1.08. The summed E-state index contributed by atoms with van der Waals surface area (Å²) in [5.74, 6) is 0. The lowest BCUT2D eigenvalue weighted by atomic mass is 10.5. The first kappa shape index (κ1) is 8.23. The summed E-state index contributed by atoms with van der Waals surface area (Å²) in [6, 6.07) is 0. The third-order valence-electron chi connectivity index (χ3n) is 1.67. The molecule has 0 bridgehead atoms. The zero-order chi connectivity index (χ0) is 10.3. The summed E-state index contributed by atoms with van der Waals surface area (Å²) in [6.45, 7) is 0. The Morgan fingerprint density at radius 2 is 1.29 bits per heavy atom. The SMILES string of the molecule is O=c1nnc(=O)c2n(O)ccn(O)c1=2. The molecule has 14 heavy (non-hydrogen) atoms. The standard InChI is InChI=1S/C6H4N4O4/c11-5-3-4(6(12)8-7-5)10(14)2-1-9(3)13/h1-2,13-14H. The summed E-state index contributed by atoms with van der Waals surface area (Å²) in [5.41, 5.74) is -1.80. The van der Waals surface area contributed by atoms with Crippen LogP contribution in [0.5, 0.6) is 0 Å². The summed E-state index contributed by atoms with van der Waals surface area (Å²) in [5, 5.41) is 23.5. The Morgan fingerprint density at radius 1 is 0.929 bits per heavy atom. The van der Waals surface area contributed by atoms with Crippen molar-refractivity contribution in [3.8, 4) is 0 Å². The van der Waals surface area contributed by atoms with Crippen LogP contribution in [0, 0.1) is 10.7 Å². The van der Waals surface area contributed by atoms with Crippen LogP contribution in [-0.4, -0.2) is 30.1 Å². The van der Waals surface area contributed by atoms with Gasteiger partial charge in [-0.25, -0.2) is 0 Å². The summed E-state index contributed by atoms with van der Waals surface area (Å²) in [7, 11) is 0. The number of aromatic nitrogens is 4. The van der Waals surface area contributed by atoms with Crippen LogP contribution in [0.1, 0.15) is 0 Å². The summed E-state index contributed by atoms with van der Waals surface area (Å²) >= 11 is 0. The van der Waals surface area contributed by atoms with Crippen molar-refractivity contribution >= 4 is 0 Å². The molecule has 0 fully saturated rings. The Morgan fingerprint density at radius 3 is 1.64 bits per heavy atom. The number of hydrogen-bond acceptors (Lipinski definition) is 6. The monoisotopic (exact) mass is 196 g/mol. The molecule has 0 aromatic heterocycles. The first-order valence-electron chi connectivity index (χ1n) is 3.50. The molecule has 8 nitrogen and oxygen atoms in total. The molecule has 2 aliphatic rings. The van der Waals surface area contributed by atoms with E-state index in [2.05, 4.69) is 10.2 Å². The van der Waals surface area contributed by atoms with Crippen molar-refractivity contribution in [2.75, 3.05) is 0 Å². The van der Waals surface area contributed by atoms with Crippen LogP contribution < -0.4 is 11.1 Å². The predicted octanol–water partition coefficient (Wildman–Crippen LogP) is -2.00. The van der Waals surface area contributed by atoms with Gasteiger partial charge >= 0.3 is 11.1 Å². The highest BCUT2D eigenvalue weighted by Gasteiger charge is 2.07. The average Bonchev–Trinajstić information content (AvgIpc) is 2.16. The van der Waals surface area contributed by atoms with Gasteiger partial charge in [0.05, 0.1) is 12.4 Å². The van der Waals surface area contributed by atoms with Gasteiger partial charge in [0, 0.05) is 0 Å². The summed E-state index contributed by atoms with van der Waals surface area (Å²) in [6.07, 6.45) is 1.98. The van der Waals surface area contributed by atoms with Gasteiger partial charge in [0.2, 0.25) is 0 Å². The topological polar surface area (TPSA) is 110 Å². The number of hydrogen-bond donors (Lipinski definition) is 2. The predicted molar refractivity (Wildman–Crippen MR) is 40.2 cm³/mol. The molecule has 2 rings (SSSR count). The van der Waals surface area contributed by atoms with E-state index in [4.69, 9.17) is 0 Å². The Labute approximate surface area is 74.9 Å². The summed E-state index contributed by atoms with van der Waals surface area (Å²) < 4.78 is 0.806. The number of rotatable bonds is 0. The molecule has 0 atom stereocenters. The maximum absolute atomic E-state index is 11.1. The fourth-order valence-electron chi connectivity index (χ4n) is 1.08. The van der Waals surface area contributed by atoms with E-state index in [1.165, 1.54) is 0 Å². The maximum Gasteiger partial charge on any atom is 0.318 e. The largest absolute Gasteiger partial charge is 0.428 e. The average molecular weight is 196 g/mol. The molecule has 0 unspecified atom stereocenters. The zero-order valence-electron chi connectivity index (χ0n) is 6.65. The van der Waals surface area contributed by atoms with Crippen LogP contribution >= 0.6 is 0 Å². The molecule has 72 valence electrons. The van der Waals surface area contributed by atoms with Gasteiger partial charge in [-0.05, 0) is 0 Å². The fraction of sp³-hybridized carbons (Fsp3) is 0. The molecule has 0 aromatic rings. The quantitative estimate of drug-likeness (QED) is 0.471. The minimum absolute atomic E-state index is 0.403. The second kappa shape index (κ2) is 2.55. The van der Waals surface area contributed by atoms with Crippen LogP contribution in [0.15, 0.2) is 22.0 Å². The molecule has 0 spiro atoms. The summed E-state index contributed by atoms with van der Waals surface area (Å²) in [4.78, 5) is 22.2. The van der Waals surface area contributed by atoms with Gasteiger partial charge in [-0.1, -0.05) is 0 Å². The van der Waals surface area contributed by atoms with Gasteiger partial charge in [-0.15, -0.1) is 10.2 Å². The normalized spacial score (nSPS) is 10.6. The van der Waals surface area contributed by atoms with Gasteiger partial charge < -0.3 is 10.4 Å². The van der Waals surface area contributed by atoms with Crippen LogP contribution in [-0.2, 0) is 0 Å². The van der Waals surface area contributed by atoms with Crippen LogP contribution in [0.3, 0.4) is 0 Å². The van der Waals surface area contributed by atoms with Crippen LogP contribution in [0.2, 0.25) is 0 Å². The van der Waals surface area contributed by atoms with Gasteiger partial charge in [0.15, 0.2) is 10.7 Å². The first-order valence-corrected chi connectivity index (χ1v) is 3.50. The maximum atomic E-state index is 11.1. The minimum atomic E-state index is -0.898. The van der Waals surface area contributed by atoms with Crippen molar-refractivity contribution in [1.82, 2.24) is 19.7 Å². The molecule has 0 aromatic carbocycles. The van der Waals surface area contributed by atoms with Crippen molar-refractivity contribution in [2.24, 2.45) is 0 Å². The zero-order valence-corrected chi connectivity index (χ0v) is 6.65. The molecule has 0 saturated carbocycles. The van der Waals surface area contributed by atoms with Gasteiger partial charge in [-0.3, -0.25) is 9.59 Å². The van der Waals surface area contributed by atoms with Crippen molar-refractivity contribution in [2.45, 2.75) is 0 Å². The third kappa shape index (κ3) is 0.937. The Kier molecular flexibility index (Phi) is 1.50. The van der Waals surface area contributed by atoms with Crippen molar-refractivity contribution in [3.05, 3.63) is 43.8 Å². The molecule has 2 heterocycles. The molecule has 2 aliphatic heterocycles. The highest BCUT2D eigenvalue weighted by Crippen LogP contribution is 1.86. The first-order chi connectivity index (χ1) is 6.61. The Bertz CT molecular complexity index is 600. The molecule has 0 amide bonds. The van der Waals surface area contributed by atoms with E-state index in [1.807, 2.05) is 0 Å². The highest BCUT2D eigenvalue weighted by molar-refractivity contribution is 4.94. The van der Waals surface area contributed by atoms with E-state index in [0.29, 0.717) is 9.46 Å². The molecular formula is C6H4N4O4. The second-order valence-corrected chi connectivity index (χ2v) is 2.49. The van der Waals surface area contributed by atoms with Crippen molar-refractivity contribution < 1.29 is 10.4 Å². The van der Waals surface area contributed by atoms with E-state index < -0.39 is 21.8 Å². The molecule has 8 heteroatoms. The van der Waals surface area contributed by atoms with Crippen molar-refractivity contribution in [3.63, 3.8) is 0 Å². The lowest BCUT2D eigenvalue weighted by Crippen LogP contribution is -2.27. The smallest absolute Gasteiger partial charge is 0.318 e. The Balaban J connectivity index is 3.37. The van der Waals surface area contributed by atoms with Crippen molar-refractivity contribution in [1.29, 1.82) is 0 Å². The lowest BCUT2D eigenvalue weighted by molar-refractivity contribution is 0.142. The van der Waals surface area contributed by atoms with E-state index in [-0.39, 0.29) is 0 Å². The minimum Gasteiger partial charge on any atom is -0.428 e. The van der Waals surface area contributed by atoms with E-state index in [1.54, 1.807) is 0 Å². The van der Waals surface area contributed by atoms with Crippen LogP contribution in [0.25, 0.3) is 0 Å². The molecule has 2 N–H and O–H groups in total. The van der Waals surface area contributed by atoms with E-state index in [9.17, 15) is 20.0 Å². The van der Waals surface area contributed by atoms with E-state index in [0.717, 1.165) is 12.4 Å². The Hall–Kier alpha value is -2.38. The van der Waals surface area contributed by atoms with Gasteiger partial charge in [0.25, 0.3) is 0 Å². The lowest BCUT2D eigenvalue weighted by Gasteiger charge is -2.01. The van der Waals surface area contributed by atoms with E-state index >= 15 is 0 Å². The van der Waals surface area contributed by atoms with Gasteiger partial charge in [-0.2, -0.15) is 9.46 Å². The third-order valence-corrected chi connectivity index (χ3v) is 1.67. The molecule has 0 radical (unpaired) electrons. The highest BCUT2D eigenvalue weighted by atomic mass is 16.5. The van der Waals surface area contributed by atoms with Crippen LogP contribution in [0.4, 0.5) is 0 Å². The molecule has 0 aliphatic carbocycles.